The Balaban J connectivity index is 2.82. The molecule has 1 rings (SSSR count). The van der Waals surface area contributed by atoms with Crippen LogP contribution in [0.25, 0.3) is 0 Å². The average Bonchev–Trinajstić information content (AvgIpc) is 2.28. The van der Waals surface area contributed by atoms with Crippen molar-refractivity contribution in [3.05, 3.63) is 46.4 Å². The van der Waals surface area contributed by atoms with Crippen LogP contribution in [0.4, 0.5) is 13.2 Å². The third-order valence-corrected chi connectivity index (χ3v) is 1.98. The van der Waals surface area contributed by atoms with E-state index in [0.717, 1.165) is 12.5 Å². The van der Waals surface area contributed by atoms with Crippen LogP contribution in [0.1, 0.15) is 0 Å². The van der Waals surface area contributed by atoms with Gasteiger partial charge in [-0.2, -0.15) is 13.2 Å². The van der Waals surface area contributed by atoms with Crippen LogP contribution in [0.3, 0.4) is 0 Å². The molecule has 1 aliphatic rings. The number of nitrogens with zero attached hydrogens (tertiary/aromatic N) is 2. The molecule has 100 valence electrons. The fraction of sp³-hybridized carbons (Fsp3) is 0.100. The molecule has 0 bridgehead atoms. The number of carbonyl (C=O) groups is 1. The predicted octanol–water partition coefficient (Wildman–Crippen LogP) is 1.68. The molecule has 0 spiro atoms. The maximum Gasteiger partial charge on any atom is 0.467 e. The zero-order chi connectivity index (χ0) is 14.6. The Morgan fingerprint density at radius 3 is 2.53 bits per heavy atom. The minimum atomic E-state index is -4.52. The van der Waals surface area contributed by atoms with Crippen molar-refractivity contribution >= 4 is 17.8 Å². The Hall–Kier alpha value is -2.58. The smallest absolute Gasteiger partial charge is 0.338 e. The minimum absolute atomic E-state index is 0.167. The summed E-state index contributed by atoms with van der Waals surface area (Å²) in [6.45, 7) is 0. The summed E-state index contributed by atoms with van der Waals surface area (Å²) in [4.78, 5) is 23.7. The highest BCUT2D eigenvalue weighted by Gasteiger charge is 2.38. The van der Waals surface area contributed by atoms with Crippen LogP contribution in [0, 0.1) is 28.0 Å². The van der Waals surface area contributed by atoms with Crippen LogP contribution in [0.5, 0.6) is 0 Å². The first-order chi connectivity index (χ1) is 8.75. The lowest BCUT2D eigenvalue weighted by molar-refractivity contribution is -0.442. The van der Waals surface area contributed by atoms with Crippen molar-refractivity contribution in [2.75, 3.05) is 0 Å². The number of alkyl halides is 3. The Morgan fingerprint density at radius 2 is 2.16 bits per heavy atom. The van der Waals surface area contributed by atoms with E-state index in [1.54, 1.807) is 0 Å². The SMILES string of the molecule is N=C[C-](C(=O)N=C1C=CC(C(F)(F)F)=C[CH+]1)[N+](=O)[O-]. The molecule has 0 heterocycles. The largest absolute Gasteiger partial charge is 0.467 e. The summed E-state index contributed by atoms with van der Waals surface area (Å²) < 4.78 is 36.7. The number of allylic oxidation sites excluding steroid dienone is 4. The first kappa shape index (κ1) is 14.5. The van der Waals surface area contributed by atoms with Gasteiger partial charge in [0.2, 0.25) is 0 Å². The second-order valence-corrected chi connectivity index (χ2v) is 3.25. The van der Waals surface area contributed by atoms with Gasteiger partial charge < -0.3 is 10.2 Å². The summed E-state index contributed by atoms with van der Waals surface area (Å²) in [5.41, 5.74) is -1.09. The van der Waals surface area contributed by atoms with Gasteiger partial charge in [-0.1, -0.05) is 11.1 Å². The van der Waals surface area contributed by atoms with E-state index in [9.17, 15) is 28.1 Å². The first-order valence-electron chi connectivity index (χ1n) is 4.71. The van der Waals surface area contributed by atoms with E-state index < -0.39 is 28.6 Å². The molecule has 0 aromatic carbocycles. The van der Waals surface area contributed by atoms with Crippen LogP contribution in [0.2, 0.25) is 0 Å². The minimum Gasteiger partial charge on any atom is -0.338 e. The Kier molecular flexibility index (Phi) is 4.10. The second-order valence-electron chi connectivity index (χ2n) is 3.25. The third-order valence-electron chi connectivity index (χ3n) is 1.98. The van der Waals surface area contributed by atoms with Gasteiger partial charge in [0.25, 0.3) is 0 Å². The highest BCUT2D eigenvalue weighted by Crippen LogP contribution is 2.28. The van der Waals surface area contributed by atoms with Crippen molar-refractivity contribution in [1.82, 2.24) is 0 Å². The molecular formula is C10H6F3N3O3. The lowest BCUT2D eigenvalue weighted by atomic mass is 10.1. The van der Waals surface area contributed by atoms with Gasteiger partial charge >= 0.3 is 6.18 Å². The van der Waals surface area contributed by atoms with Crippen LogP contribution < -0.4 is 0 Å². The molecule has 0 aromatic rings. The molecule has 9 heteroatoms. The van der Waals surface area contributed by atoms with Crippen LogP contribution >= 0.6 is 0 Å². The average molecular weight is 273 g/mol. The topological polar surface area (TPSA) is 96.4 Å². The molecule has 1 aliphatic carbocycles. The van der Waals surface area contributed by atoms with Gasteiger partial charge in [-0.05, 0) is 0 Å². The number of rotatable bonds is 3. The Morgan fingerprint density at radius 1 is 1.53 bits per heavy atom. The Labute approximate surface area is 105 Å². The molecule has 0 saturated carbocycles. The number of hydrogen-bond donors (Lipinski definition) is 1. The molecule has 0 aliphatic heterocycles. The summed E-state index contributed by atoms with van der Waals surface area (Å²) in [5.74, 6) is -1.31. The number of amides is 1. The van der Waals surface area contributed by atoms with Crippen LogP contribution in [-0.2, 0) is 4.79 Å². The quantitative estimate of drug-likeness (QED) is 0.366. The number of carbonyl (C=O) groups excluding carboxylic acids is 1. The second kappa shape index (κ2) is 5.38. The fourth-order valence-electron chi connectivity index (χ4n) is 1.09. The summed E-state index contributed by atoms with van der Waals surface area (Å²) in [6, 6.07) is -1.07. The number of nitro groups is 1. The van der Waals surface area contributed by atoms with Gasteiger partial charge in [-0.15, -0.1) is 0 Å². The van der Waals surface area contributed by atoms with E-state index in [-0.39, 0.29) is 11.9 Å². The molecule has 1 amide bonds. The summed E-state index contributed by atoms with van der Waals surface area (Å²) >= 11 is 0. The van der Waals surface area contributed by atoms with E-state index in [4.69, 9.17) is 5.41 Å². The molecule has 0 unspecified atom stereocenters. The molecule has 0 aromatic heterocycles. The van der Waals surface area contributed by atoms with Crippen LogP contribution in [-0.4, -0.2) is 28.9 Å². The van der Waals surface area contributed by atoms with Crippen molar-refractivity contribution < 1.29 is 22.9 Å². The number of nitrogens with one attached hydrogen (secondary N) is 1. The standard InChI is InChI=1S/C10H6F3N3O3/c11-10(12,13)6-1-3-7(4-2-6)15-9(17)8(5-14)16(18)19/h1-5,14H. The van der Waals surface area contributed by atoms with Gasteiger partial charge in [0, 0.05) is 0 Å². The zero-order valence-electron chi connectivity index (χ0n) is 9.14. The molecule has 0 atom stereocenters. The third kappa shape index (κ3) is 3.69. The maximum atomic E-state index is 12.2. The monoisotopic (exact) mass is 273 g/mol. The first-order valence-corrected chi connectivity index (χ1v) is 4.71. The normalized spacial score (nSPS) is 16.6. The van der Waals surface area contributed by atoms with Crippen molar-refractivity contribution in [2.45, 2.75) is 6.18 Å². The molecule has 1 N–H and O–H groups in total. The highest BCUT2D eigenvalue weighted by atomic mass is 19.4. The lowest BCUT2D eigenvalue weighted by Crippen LogP contribution is -2.22. The van der Waals surface area contributed by atoms with Crippen molar-refractivity contribution in [2.24, 2.45) is 4.99 Å². The van der Waals surface area contributed by atoms with Gasteiger partial charge in [-0.3, -0.25) is 10.1 Å². The summed E-state index contributed by atoms with van der Waals surface area (Å²) in [6.07, 6.45) is -1.10. The van der Waals surface area contributed by atoms with Gasteiger partial charge in [-0.25, -0.2) is 4.99 Å². The fourth-order valence-corrected chi connectivity index (χ4v) is 1.09. The Bertz CT molecular complexity index is 506. The van der Waals surface area contributed by atoms with Gasteiger partial charge in [0.1, 0.15) is 0 Å². The lowest BCUT2D eigenvalue weighted by Gasteiger charge is -2.11. The zero-order valence-corrected chi connectivity index (χ0v) is 9.14. The van der Waals surface area contributed by atoms with E-state index >= 15 is 0 Å². The van der Waals surface area contributed by atoms with E-state index in [2.05, 4.69) is 4.99 Å². The van der Waals surface area contributed by atoms with Crippen molar-refractivity contribution in [3.63, 3.8) is 0 Å². The summed E-state index contributed by atoms with van der Waals surface area (Å²) in [5, 5.41) is 17.0. The van der Waals surface area contributed by atoms with E-state index in [1.165, 1.54) is 0 Å². The van der Waals surface area contributed by atoms with E-state index in [0.29, 0.717) is 12.2 Å². The number of halogens is 3. The van der Waals surface area contributed by atoms with E-state index in [1.807, 2.05) is 0 Å². The molecule has 0 fully saturated rings. The van der Waals surface area contributed by atoms with Crippen molar-refractivity contribution in [1.29, 1.82) is 5.41 Å². The van der Waals surface area contributed by atoms with Crippen LogP contribution in [0.15, 0.2) is 28.8 Å². The highest BCUT2D eigenvalue weighted by molar-refractivity contribution is 6.15. The van der Waals surface area contributed by atoms with Crippen molar-refractivity contribution in [3.8, 4) is 0 Å². The molecule has 0 radical (unpaired) electrons. The molecule has 19 heavy (non-hydrogen) atoms. The predicted molar refractivity (Wildman–Crippen MR) is 59.0 cm³/mol. The summed E-state index contributed by atoms with van der Waals surface area (Å²) in [7, 11) is 0. The number of aliphatic imine (C=N–C) groups is 1. The molecule has 0 saturated heterocycles. The molecular weight excluding hydrogens is 267 g/mol. The molecule has 6 nitrogen and oxygen atoms in total. The maximum absolute atomic E-state index is 12.2. The number of hydrogen-bond acceptors (Lipinski definition) is 4. The van der Waals surface area contributed by atoms with Gasteiger partial charge in [0.15, 0.2) is 17.2 Å². The van der Waals surface area contributed by atoms with Gasteiger partial charge in [0.05, 0.1) is 30.7 Å².